The Morgan fingerprint density at radius 2 is 2.00 bits per heavy atom. The van der Waals surface area contributed by atoms with E-state index in [0.717, 1.165) is 5.75 Å². The van der Waals surface area contributed by atoms with E-state index < -0.39 is 0 Å². The fourth-order valence-corrected chi connectivity index (χ4v) is 0.957. The second-order valence-electron chi connectivity index (χ2n) is 2.63. The van der Waals surface area contributed by atoms with Gasteiger partial charge in [-0.3, -0.25) is 0 Å². The summed E-state index contributed by atoms with van der Waals surface area (Å²) in [4.78, 5) is 0. The van der Waals surface area contributed by atoms with Gasteiger partial charge in [0.1, 0.15) is 6.61 Å². The van der Waals surface area contributed by atoms with Crippen LogP contribution in [0.5, 0.6) is 11.5 Å². The minimum Gasteiger partial charge on any atom is -0.486 e. The zero-order valence-corrected chi connectivity index (χ0v) is 8.27. The van der Waals surface area contributed by atoms with Crippen molar-refractivity contribution in [2.75, 3.05) is 6.61 Å². The van der Waals surface area contributed by atoms with Crippen molar-refractivity contribution in [3.8, 4) is 11.5 Å². The van der Waals surface area contributed by atoms with Crippen LogP contribution < -0.4 is 9.47 Å². The number of rotatable bonds is 5. The minimum absolute atomic E-state index is 0.482. The summed E-state index contributed by atoms with van der Waals surface area (Å²) in [5.74, 6) is 1.44. The van der Waals surface area contributed by atoms with Gasteiger partial charge >= 0.3 is 0 Å². The second kappa shape index (κ2) is 5.86. The molecule has 0 aliphatic carbocycles. The van der Waals surface area contributed by atoms with E-state index in [4.69, 9.17) is 9.47 Å². The molecule has 0 aromatic heterocycles. The van der Waals surface area contributed by atoms with Gasteiger partial charge in [-0.15, -0.1) is 0 Å². The maximum absolute atomic E-state index is 5.41. The normalized spacial score (nSPS) is 10.1. The molecule has 0 aliphatic heterocycles. The molecule has 1 aromatic rings. The van der Waals surface area contributed by atoms with Gasteiger partial charge in [0.25, 0.3) is 0 Å². The van der Waals surface area contributed by atoms with Crippen LogP contribution in [0.1, 0.15) is 6.92 Å². The summed E-state index contributed by atoms with van der Waals surface area (Å²) in [6.07, 6.45) is 5.15. The standard InChI is InChI=1S/C12H14O2/c1-3-9-13-11-7-5-6-8-12(11)14-10-4-2/h3-8,10H,1,9H2,2H3/b10-4+. The molecule has 1 rings (SSSR count). The molecule has 14 heavy (non-hydrogen) atoms. The molecule has 2 nitrogen and oxygen atoms in total. The van der Waals surface area contributed by atoms with Gasteiger partial charge in [-0.1, -0.05) is 30.9 Å². The van der Waals surface area contributed by atoms with Gasteiger partial charge < -0.3 is 9.47 Å². The number of benzene rings is 1. The summed E-state index contributed by atoms with van der Waals surface area (Å²) >= 11 is 0. The average molecular weight is 190 g/mol. The van der Waals surface area contributed by atoms with Gasteiger partial charge in [0.2, 0.25) is 0 Å². The van der Waals surface area contributed by atoms with Crippen LogP contribution in [0, 0.1) is 0 Å². The Bertz CT molecular complexity index is 316. The van der Waals surface area contributed by atoms with Gasteiger partial charge in [0.15, 0.2) is 11.5 Å². The SMILES string of the molecule is C=CCOc1ccccc1O/C=C/C. The van der Waals surface area contributed by atoms with E-state index >= 15 is 0 Å². The van der Waals surface area contributed by atoms with Crippen molar-refractivity contribution in [1.29, 1.82) is 0 Å². The topological polar surface area (TPSA) is 18.5 Å². The van der Waals surface area contributed by atoms with Crippen LogP contribution in [0.2, 0.25) is 0 Å². The van der Waals surface area contributed by atoms with E-state index in [0.29, 0.717) is 12.4 Å². The van der Waals surface area contributed by atoms with Crippen LogP contribution in [0.25, 0.3) is 0 Å². The largest absolute Gasteiger partial charge is 0.486 e. The molecule has 1 aromatic carbocycles. The molecule has 0 N–H and O–H groups in total. The molecule has 0 unspecified atom stereocenters. The predicted octanol–water partition coefficient (Wildman–Crippen LogP) is 3.16. The highest BCUT2D eigenvalue weighted by atomic mass is 16.5. The maximum atomic E-state index is 5.41. The summed E-state index contributed by atoms with van der Waals surface area (Å²) < 4.78 is 10.7. The van der Waals surface area contributed by atoms with Gasteiger partial charge in [0, 0.05) is 0 Å². The van der Waals surface area contributed by atoms with Gasteiger partial charge in [-0.05, 0) is 19.1 Å². The highest BCUT2D eigenvalue weighted by Crippen LogP contribution is 2.26. The Hall–Kier alpha value is -1.70. The van der Waals surface area contributed by atoms with Crippen molar-refractivity contribution < 1.29 is 9.47 Å². The first-order valence-corrected chi connectivity index (χ1v) is 4.49. The van der Waals surface area contributed by atoms with Crippen molar-refractivity contribution in [3.05, 3.63) is 49.3 Å². The third-order valence-electron chi connectivity index (χ3n) is 1.54. The highest BCUT2D eigenvalue weighted by molar-refractivity contribution is 5.40. The molecule has 0 spiro atoms. The highest BCUT2D eigenvalue weighted by Gasteiger charge is 2.00. The second-order valence-corrected chi connectivity index (χ2v) is 2.63. The molecule has 0 amide bonds. The lowest BCUT2D eigenvalue weighted by atomic mass is 10.3. The van der Waals surface area contributed by atoms with E-state index in [-0.39, 0.29) is 0 Å². The van der Waals surface area contributed by atoms with E-state index in [9.17, 15) is 0 Å². The first-order chi connectivity index (χ1) is 6.88. The lowest BCUT2D eigenvalue weighted by Gasteiger charge is -2.08. The van der Waals surface area contributed by atoms with Crippen LogP contribution in [0.4, 0.5) is 0 Å². The van der Waals surface area contributed by atoms with Gasteiger partial charge in [0.05, 0.1) is 6.26 Å². The number of ether oxygens (including phenoxy) is 2. The zero-order chi connectivity index (χ0) is 10.2. The number of para-hydroxylation sites is 2. The molecule has 0 saturated carbocycles. The molecule has 0 atom stereocenters. The van der Waals surface area contributed by atoms with Gasteiger partial charge in [-0.25, -0.2) is 0 Å². The quantitative estimate of drug-likeness (QED) is 0.524. The van der Waals surface area contributed by atoms with Crippen LogP contribution in [-0.4, -0.2) is 6.61 Å². The third-order valence-corrected chi connectivity index (χ3v) is 1.54. The van der Waals surface area contributed by atoms with Crippen molar-refractivity contribution >= 4 is 0 Å². The Kier molecular flexibility index (Phi) is 4.35. The Balaban J connectivity index is 2.74. The average Bonchev–Trinajstić information content (AvgIpc) is 2.24. The smallest absolute Gasteiger partial charge is 0.168 e. The van der Waals surface area contributed by atoms with Crippen molar-refractivity contribution in [3.63, 3.8) is 0 Å². The fourth-order valence-electron chi connectivity index (χ4n) is 0.957. The lowest BCUT2D eigenvalue weighted by molar-refractivity contribution is 0.339. The molecule has 0 radical (unpaired) electrons. The van der Waals surface area contributed by atoms with Crippen molar-refractivity contribution in [2.24, 2.45) is 0 Å². The van der Waals surface area contributed by atoms with Crippen molar-refractivity contribution in [2.45, 2.75) is 6.92 Å². The molecule has 0 saturated heterocycles. The van der Waals surface area contributed by atoms with E-state index in [1.54, 1.807) is 12.3 Å². The molecule has 0 bridgehead atoms. The van der Waals surface area contributed by atoms with Crippen LogP contribution in [-0.2, 0) is 0 Å². The van der Waals surface area contributed by atoms with Crippen molar-refractivity contribution in [1.82, 2.24) is 0 Å². The Labute approximate surface area is 84.5 Å². The number of allylic oxidation sites excluding steroid dienone is 1. The lowest BCUT2D eigenvalue weighted by Crippen LogP contribution is -1.95. The Morgan fingerprint density at radius 1 is 1.29 bits per heavy atom. The molecule has 0 aliphatic rings. The summed E-state index contributed by atoms with van der Waals surface area (Å²) in [5, 5.41) is 0. The van der Waals surface area contributed by atoms with Crippen LogP contribution >= 0.6 is 0 Å². The number of hydrogen-bond donors (Lipinski definition) is 0. The van der Waals surface area contributed by atoms with E-state index in [2.05, 4.69) is 6.58 Å². The summed E-state index contributed by atoms with van der Waals surface area (Å²) in [7, 11) is 0. The minimum atomic E-state index is 0.482. The Morgan fingerprint density at radius 3 is 2.64 bits per heavy atom. The van der Waals surface area contributed by atoms with Crippen LogP contribution in [0.3, 0.4) is 0 Å². The predicted molar refractivity (Wildman–Crippen MR) is 57.6 cm³/mol. The first-order valence-electron chi connectivity index (χ1n) is 4.49. The molecular weight excluding hydrogens is 176 g/mol. The van der Waals surface area contributed by atoms with Gasteiger partial charge in [-0.2, -0.15) is 0 Å². The zero-order valence-electron chi connectivity index (χ0n) is 8.27. The van der Waals surface area contributed by atoms with E-state index in [1.165, 1.54) is 0 Å². The summed E-state index contributed by atoms with van der Waals surface area (Å²) in [6.45, 7) is 5.97. The first kappa shape index (κ1) is 10.4. The molecule has 74 valence electrons. The molecule has 0 heterocycles. The number of hydrogen-bond acceptors (Lipinski definition) is 2. The summed E-state index contributed by atoms with van der Waals surface area (Å²) in [5.41, 5.74) is 0. The molecular formula is C12H14O2. The molecule has 2 heteroatoms. The van der Waals surface area contributed by atoms with Crippen LogP contribution in [0.15, 0.2) is 49.3 Å². The summed E-state index contributed by atoms with van der Waals surface area (Å²) in [6, 6.07) is 7.53. The fraction of sp³-hybridized carbons (Fsp3) is 0.167. The molecule has 0 fully saturated rings. The third kappa shape index (κ3) is 2.98. The monoisotopic (exact) mass is 190 g/mol. The van der Waals surface area contributed by atoms with E-state index in [1.807, 2.05) is 37.3 Å². The maximum Gasteiger partial charge on any atom is 0.168 e.